The third-order valence-electron chi connectivity index (χ3n) is 9.01. The summed E-state index contributed by atoms with van der Waals surface area (Å²) in [6, 6.07) is 19.2. The zero-order chi connectivity index (χ0) is 34.8. The second kappa shape index (κ2) is 17.7. The molecule has 260 valence electrons. The summed E-state index contributed by atoms with van der Waals surface area (Å²) < 4.78 is 0. The molecule has 12 heteroatoms. The maximum atomic E-state index is 14.3. The van der Waals surface area contributed by atoms with Crippen LogP contribution in [0.4, 0.5) is 0 Å². The standard InChI is InChI=1S/C37H46ClN7O3S/c1-45-32(20-26-23-41-29-14-4-3-12-27(26)29)36(47)43-22-25-11-8-13-28(38)34(25)49-33-17-5-2-10-24(33)21-42-30(16-9-19-40)35(46)44-31(37(45)48)15-6-7-18-39/h2-5,8,10-14,17,23,30-32,41-42H,6-7,9,15-16,18-22,39-40H2,1H3,(H,43,47)(H,44,46)/t30-,31-,32-/m0/s1. The number of aromatic nitrogens is 1. The van der Waals surface area contributed by atoms with Crippen molar-refractivity contribution in [1.29, 1.82) is 0 Å². The van der Waals surface area contributed by atoms with E-state index in [1.54, 1.807) is 7.05 Å². The van der Waals surface area contributed by atoms with Gasteiger partial charge in [-0.1, -0.05) is 71.9 Å². The lowest BCUT2D eigenvalue weighted by molar-refractivity contribution is -0.142. The summed E-state index contributed by atoms with van der Waals surface area (Å²) >= 11 is 8.30. The first-order chi connectivity index (χ1) is 23.8. The van der Waals surface area contributed by atoms with Gasteiger partial charge in [0, 0.05) is 53.4 Å². The van der Waals surface area contributed by atoms with Crippen molar-refractivity contribution in [1.82, 2.24) is 25.8 Å². The first-order valence-corrected chi connectivity index (χ1v) is 18.1. The van der Waals surface area contributed by atoms with Gasteiger partial charge in [-0.3, -0.25) is 14.4 Å². The summed E-state index contributed by atoms with van der Waals surface area (Å²) in [6.07, 6.45) is 5.02. The number of carbonyl (C=O) groups is 3. The van der Waals surface area contributed by atoms with Gasteiger partial charge < -0.3 is 37.3 Å². The molecule has 0 spiro atoms. The van der Waals surface area contributed by atoms with E-state index in [1.165, 1.54) is 16.7 Å². The van der Waals surface area contributed by atoms with Crippen LogP contribution in [0.15, 0.2) is 82.7 Å². The van der Waals surface area contributed by atoms with Crippen molar-refractivity contribution in [3.63, 3.8) is 0 Å². The van der Waals surface area contributed by atoms with Gasteiger partial charge in [0.2, 0.25) is 17.7 Å². The summed E-state index contributed by atoms with van der Waals surface area (Å²) in [4.78, 5) is 49.0. The summed E-state index contributed by atoms with van der Waals surface area (Å²) in [5.41, 5.74) is 15.4. The Morgan fingerprint density at radius 3 is 2.39 bits per heavy atom. The molecule has 2 heterocycles. The molecule has 0 aliphatic carbocycles. The van der Waals surface area contributed by atoms with Gasteiger partial charge in [-0.2, -0.15) is 0 Å². The molecule has 0 bridgehead atoms. The minimum Gasteiger partial charge on any atom is -0.361 e. The average molecular weight is 704 g/mol. The number of likely N-dealkylation sites (N-methyl/N-ethyl adjacent to an activating group) is 1. The molecular formula is C37H46ClN7O3S. The number of aromatic amines is 1. The number of hydrogen-bond acceptors (Lipinski definition) is 7. The number of amides is 3. The number of halogens is 1. The van der Waals surface area contributed by atoms with Gasteiger partial charge in [0.15, 0.2) is 0 Å². The molecule has 3 amide bonds. The monoisotopic (exact) mass is 703 g/mol. The van der Waals surface area contributed by atoms with Crippen molar-refractivity contribution < 1.29 is 14.4 Å². The van der Waals surface area contributed by atoms with Gasteiger partial charge in [-0.05, 0) is 80.1 Å². The molecule has 3 atom stereocenters. The molecule has 10 nitrogen and oxygen atoms in total. The number of carbonyl (C=O) groups excluding carboxylic acids is 3. The van der Waals surface area contributed by atoms with Crippen molar-refractivity contribution in [2.24, 2.45) is 11.5 Å². The van der Waals surface area contributed by atoms with Gasteiger partial charge in [-0.25, -0.2) is 0 Å². The van der Waals surface area contributed by atoms with E-state index in [4.69, 9.17) is 23.1 Å². The zero-order valence-corrected chi connectivity index (χ0v) is 29.4. The zero-order valence-electron chi connectivity index (χ0n) is 27.8. The van der Waals surface area contributed by atoms with Gasteiger partial charge in [0.1, 0.15) is 12.1 Å². The Kier molecular flexibility index (Phi) is 13.1. The van der Waals surface area contributed by atoms with Crippen molar-refractivity contribution in [3.8, 4) is 0 Å². The summed E-state index contributed by atoms with van der Waals surface area (Å²) in [5.74, 6) is -0.929. The van der Waals surface area contributed by atoms with E-state index in [-0.39, 0.29) is 30.7 Å². The molecule has 8 N–H and O–H groups in total. The molecule has 0 saturated heterocycles. The van der Waals surface area contributed by atoms with Crippen LogP contribution in [0.3, 0.4) is 0 Å². The molecule has 0 unspecified atom stereocenters. The Bertz CT molecular complexity index is 1750. The van der Waals surface area contributed by atoms with Crippen LogP contribution >= 0.6 is 23.4 Å². The van der Waals surface area contributed by atoms with Crippen LogP contribution < -0.4 is 27.4 Å². The second-order valence-electron chi connectivity index (χ2n) is 12.4. The van der Waals surface area contributed by atoms with E-state index < -0.39 is 18.1 Å². The first kappa shape index (κ1) is 36.4. The molecule has 1 aromatic heterocycles. The molecule has 0 fully saturated rings. The minimum absolute atomic E-state index is 0.215. The van der Waals surface area contributed by atoms with Crippen LogP contribution in [-0.4, -0.2) is 65.9 Å². The maximum Gasteiger partial charge on any atom is 0.245 e. The van der Waals surface area contributed by atoms with E-state index in [0.717, 1.165) is 37.4 Å². The number of nitrogens with two attached hydrogens (primary N) is 2. The van der Waals surface area contributed by atoms with E-state index in [0.29, 0.717) is 56.8 Å². The summed E-state index contributed by atoms with van der Waals surface area (Å²) in [7, 11) is 1.64. The van der Waals surface area contributed by atoms with E-state index in [1.807, 2.05) is 72.9 Å². The molecule has 5 rings (SSSR count). The lowest BCUT2D eigenvalue weighted by Gasteiger charge is -2.32. The van der Waals surface area contributed by atoms with Crippen molar-refractivity contribution >= 4 is 52.0 Å². The van der Waals surface area contributed by atoms with Crippen LogP contribution in [0.2, 0.25) is 5.02 Å². The molecule has 4 aromatic rings. The fourth-order valence-corrected chi connectivity index (χ4v) is 7.57. The third kappa shape index (κ3) is 9.23. The van der Waals surface area contributed by atoms with Gasteiger partial charge in [0.25, 0.3) is 0 Å². The summed E-state index contributed by atoms with van der Waals surface area (Å²) in [6.45, 7) is 1.53. The fourth-order valence-electron chi connectivity index (χ4n) is 6.18. The van der Waals surface area contributed by atoms with Crippen LogP contribution in [-0.2, 0) is 33.9 Å². The SMILES string of the molecule is CN1C(=O)[C@H](CCCCN)NC(=O)[C@H](CCCN)NCc2ccccc2Sc2c(Cl)cccc2CNC(=O)[C@@H]1Cc1c[nH]c2ccccc12. The van der Waals surface area contributed by atoms with Crippen LogP contribution in [0.1, 0.15) is 48.8 Å². The van der Waals surface area contributed by atoms with Gasteiger partial charge in [0.05, 0.1) is 11.1 Å². The van der Waals surface area contributed by atoms with Crippen LogP contribution in [0.5, 0.6) is 0 Å². The molecule has 0 radical (unpaired) electrons. The highest BCUT2D eigenvalue weighted by atomic mass is 35.5. The Morgan fingerprint density at radius 1 is 0.837 bits per heavy atom. The maximum absolute atomic E-state index is 14.3. The van der Waals surface area contributed by atoms with Crippen molar-refractivity contribution in [2.75, 3.05) is 20.1 Å². The Balaban J connectivity index is 1.55. The number of unbranched alkanes of at least 4 members (excludes halogenated alkanes) is 1. The molecule has 1 aliphatic heterocycles. The molecule has 3 aromatic carbocycles. The first-order valence-electron chi connectivity index (χ1n) is 16.9. The van der Waals surface area contributed by atoms with Crippen LogP contribution in [0, 0.1) is 0 Å². The largest absolute Gasteiger partial charge is 0.361 e. The predicted octanol–water partition coefficient (Wildman–Crippen LogP) is 4.48. The highest BCUT2D eigenvalue weighted by Gasteiger charge is 2.34. The van der Waals surface area contributed by atoms with E-state index >= 15 is 0 Å². The highest BCUT2D eigenvalue weighted by Crippen LogP contribution is 2.38. The number of H-pyrrole nitrogens is 1. The molecular weight excluding hydrogens is 658 g/mol. The number of nitrogens with one attached hydrogen (secondary N) is 4. The molecule has 0 saturated carbocycles. The Hall–Kier alpha value is -3.87. The number of hydrogen-bond donors (Lipinski definition) is 6. The number of benzene rings is 3. The predicted molar refractivity (Wildman–Crippen MR) is 196 cm³/mol. The Morgan fingerprint density at radius 2 is 1.57 bits per heavy atom. The molecule has 1 aliphatic rings. The lowest BCUT2D eigenvalue weighted by atomic mass is 10.0. The Labute approximate surface area is 297 Å². The van der Waals surface area contributed by atoms with Crippen molar-refractivity contribution in [2.45, 2.75) is 79.5 Å². The topological polar surface area (TPSA) is 158 Å². The van der Waals surface area contributed by atoms with E-state index in [2.05, 4.69) is 20.9 Å². The average Bonchev–Trinajstić information content (AvgIpc) is 3.52. The highest BCUT2D eigenvalue weighted by molar-refractivity contribution is 7.99. The van der Waals surface area contributed by atoms with Crippen molar-refractivity contribution in [3.05, 3.63) is 94.6 Å². The number of para-hydroxylation sites is 1. The number of fused-ring (bicyclic) bond motifs is 3. The number of nitrogens with zero attached hydrogens (tertiary/aromatic N) is 1. The fraction of sp³-hybridized carbons (Fsp3) is 0.378. The third-order valence-corrected chi connectivity index (χ3v) is 10.7. The summed E-state index contributed by atoms with van der Waals surface area (Å²) in [5, 5.41) is 11.1. The number of rotatable bonds is 9. The van der Waals surface area contributed by atoms with E-state index in [9.17, 15) is 14.4 Å². The van der Waals surface area contributed by atoms with Gasteiger partial charge in [-0.15, -0.1) is 0 Å². The smallest absolute Gasteiger partial charge is 0.245 e. The normalized spacial score (nSPS) is 19.6. The lowest BCUT2D eigenvalue weighted by Crippen LogP contribution is -2.57. The van der Waals surface area contributed by atoms with Gasteiger partial charge >= 0.3 is 0 Å². The van der Waals surface area contributed by atoms with Crippen LogP contribution in [0.25, 0.3) is 10.9 Å². The minimum atomic E-state index is -0.863. The second-order valence-corrected chi connectivity index (χ2v) is 13.9. The molecule has 49 heavy (non-hydrogen) atoms. The quantitative estimate of drug-likeness (QED) is 0.140.